The van der Waals surface area contributed by atoms with Crippen LogP contribution in [0, 0.1) is 0 Å². The molecule has 0 nitrogen and oxygen atoms in total. The van der Waals surface area contributed by atoms with Crippen molar-refractivity contribution in [3.8, 4) is 0 Å². The predicted octanol–water partition coefficient (Wildman–Crippen LogP) is 2.98. The van der Waals surface area contributed by atoms with Crippen LogP contribution in [0.4, 0.5) is 13.2 Å². The van der Waals surface area contributed by atoms with Crippen LogP contribution < -0.4 is 0 Å². The summed E-state index contributed by atoms with van der Waals surface area (Å²) in [6, 6.07) is 0. The molecule has 0 amide bonds. The normalized spacial score (nSPS) is 13.4. The summed E-state index contributed by atoms with van der Waals surface area (Å²) in [6.45, 7) is 4.46. The molecule has 11 heavy (non-hydrogen) atoms. The summed E-state index contributed by atoms with van der Waals surface area (Å²) in [7, 11) is 0. The van der Waals surface area contributed by atoms with E-state index in [-0.39, 0.29) is 11.3 Å². The molecule has 0 aliphatic rings. The van der Waals surface area contributed by atoms with Crippen molar-refractivity contribution in [2.75, 3.05) is 5.75 Å². The smallest absolute Gasteiger partial charge is 0.175 e. The topological polar surface area (TPSA) is 0 Å². The van der Waals surface area contributed by atoms with E-state index in [0.717, 1.165) is 0 Å². The first kappa shape index (κ1) is 10.6. The van der Waals surface area contributed by atoms with E-state index in [2.05, 4.69) is 19.2 Å². The third kappa shape index (κ3) is 3.01. The van der Waals surface area contributed by atoms with Gasteiger partial charge in [0, 0.05) is 5.75 Å². The molecule has 0 saturated heterocycles. The SMILES string of the molecule is C=C(/C(=C\C)CS)C(F)(F)F. The van der Waals surface area contributed by atoms with E-state index in [9.17, 15) is 13.2 Å². The summed E-state index contributed by atoms with van der Waals surface area (Å²) in [5.41, 5.74) is -0.684. The van der Waals surface area contributed by atoms with E-state index in [0.29, 0.717) is 0 Å². The lowest BCUT2D eigenvalue weighted by Crippen LogP contribution is -2.13. The Morgan fingerprint density at radius 3 is 2.09 bits per heavy atom. The van der Waals surface area contributed by atoms with Gasteiger partial charge in [0.05, 0.1) is 5.57 Å². The maximum absolute atomic E-state index is 11.9. The maximum atomic E-state index is 11.9. The standard InChI is InChI=1S/C7H9F3S/c1-3-6(4-11)5(2)7(8,9)10/h3,11H,2,4H2,1H3/b6-3-. The summed E-state index contributed by atoms with van der Waals surface area (Å²) in [6.07, 6.45) is -2.96. The number of thiol groups is 1. The van der Waals surface area contributed by atoms with Crippen molar-refractivity contribution in [2.45, 2.75) is 13.1 Å². The van der Waals surface area contributed by atoms with Gasteiger partial charge >= 0.3 is 6.18 Å². The Hall–Kier alpha value is -0.380. The molecule has 0 heterocycles. The lowest BCUT2D eigenvalue weighted by Gasteiger charge is -2.11. The fourth-order valence-corrected chi connectivity index (χ4v) is 0.916. The third-order valence-corrected chi connectivity index (χ3v) is 1.59. The molecule has 0 aromatic carbocycles. The predicted molar refractivity (Wildman–Crippen MR) is 42.8 cm³/mol. The van der Waals surface area contributed by atoms with Crippen molar-refractivity contribution in [2.24, 2.45) is 0 Å². The van der Waals surface area contributed by atoms with Gasteiger partial charge in [0.25, 0.3) is 0 Å². The fraction of sp³-hybridized carbons (Fsp3) is 0.429. The van der Waals surface area contributed by atoms with Gasteiger partial charge in [0.1, 0.15) is 0 Å². The van der Waals surface area contributed by atoms with Crippen LogP contribution >= 0.6 is 12.6 Å². The van der Waals surface area contributed by atoms with E-state index in [1.165, 1.54) is 13.0 Å². The molecule has 0 unspecified atom stereocenters. The Kier molecular flexibility index (Phi) is 3.72. The van der Waals surface area contributed by atoms with Crippen LogP contribution in [0.15, 0.2) is 23.8 Å². The van der Waals surface area contributed by atoms with Crippen molar-refractivity contribution in [3.63, 3.8) is 0 Å². The highest BCUT2D eigenvalue weighted by Crippen LogP contribution is 2.29. The van der Waals surface area contributed by atoms with E-state index in [1.807, 2.05) is 0 Å². The van der Waals surface area contributed by atoms with Gasteiger partial charge in [0.2, 0.25) is 0 Å². The molecule has 0 saturated carbocycles. The lowest BCUT2D eigenvalue weighted by molar-refractivity contribution is -0.0888. The maximum Gasteiger partial charge on any atom is 0.416 e. The molecule has 0 aliphatic heterocycles. The van der Waals surface area contributed by atoms with E-state index >= 15 is 0 Å². The first-order valence-corrected chi connectivity index (χ1v) is 3.59. The Morgan fingerprint density at radius 1 is 1.55 bits per heavy atom. The second-order valence-corrected chi connectivity index (χ2v) is 2.26. The number of alkyl halides is 3. The highest BCUT2D eigenvalue weighted by Gasteiger charge is 2.33. The average Bonchev–Trinajstić information content (AvgIpc) is 1.88. The van der Waals surface area contributed by atoms with Crippen molar-refractivity contribution < 1.29 is 13.2 Å². The van der Waals surface area contributed by atoms with Crippen LogP contribution in [-0.2, 0) is 0 Å². The Labute approximate surface area is 69.2 Å². The number of hydrogen-bond donors (Lipinski definition) is 1. The molecule has 0 bridgehead atoms. The summed E-state index contributed by atoms with van der Waals surface area (Å²) >= 11 is 3.74. The van der Waals surface area contributed by atoms with Crippen LogP contribution in [0.5, 0.6) is 0 Å². The van der Waals surface area contributed by atoms with Crippen LogP contribution in [0.3, 0.4) is 0 Å². The molecule has 0 fully saturated rings. The minimum atomic E-state index is -4.33. The molecule has 0 aromatic rings. The zero-order valence-electron chi connectivity index (χ0n) is 6.07. The minimum Gasteiger partial charge on any atom is -0.175 e. The van der Waals surface area contributed by atoms with Crippen molar-refractivity contribution in [3.05, 3.63) is 23.8 Å². The molecule has 4 heteroatoms. The van der Waals surface area contributed by atoms with Crippen LogP contribution in [0.25, 0.3) is 0 Å². The van der Waals surface area contributed by atoms with Gasteiger partial charge in [-0.15, -0.1) is 0 Å². The summed E-state index contributed by atoms with van der Waals surface area (Å²) in [5.74, 6) is 0.0643. The average molecular weight is 182 g/mol. The van der Waals surface area contributed by atoms with Gasteiger partial charge in [-0.05, 0) is 12.5 Å². The van der Waals surface area contributed by atoms with Gasteiger partial charge in [-0.3, -0.25) is 0 Å². The molecule has 0 radical (unpaired) electrons. The number of rotatable bonds is 2. The molecule has 64 valence electrons. The lowest BCUT2D eigenvalue weighted by atomic mass is 10.1. The van der Waals surface area contributed by atoms with Crippen LogP contribution in [0.2, 0.25) is 0 Å². The third-order valence-electron chi connectivity index (χ3n) is 1.25. The second-order valence-electron chi connectivity index (χ2n) is 1.95. The highest BCUT2D eigenvalue weighted by molar-refractivity contribution is 7.80. The van der Waals surface area contributed by atoms with E-state index < -0.39 is 11.7 Å². The molecule has 0 spiro atoms. The molecule has 0 aliphatic carbocycles. The van der Waals surface area contributed by atoms with Crippen molar-refractivity contribution >= 4 is 12.6 Å². The second kappa shape index (κ2) is 3.85. The van der Waals surface area contributed by atoms with Gasteiger partial charge in [0.15, 0.2) is 0 Å². The molecular weight excluding hydrogens is 173 g/mol. The van der Waals surface area contributed by atoms with Gasteiger partial charge < -0.3 is 0 Å². The molecule has 0 aromatic heterocycles. The van der Waals surface area contributed by atoms with Crippen LogP contribution in [-0.4, -0.2) is 11.9 Å². The van der Waals surface area contributed by atoms with Crippen LogP contribution in [0.1, 0.15) is 6.92 Å². The summed E-state index contributed by atoms with van der Waals surface area (Å²) in [5, 5.41) is 0. The van der Waals surface area contributed by atoms with Gasteiger partial charge in [-0.2, -0.15) is 25.8 Å². The number of halogens is 3. The van der Waals surface area contributed by atoms with Gasteiger partial charge in [-0.1, -0.05) is 12.7 Å². The fourth-order valence-electron chi connectivity index (χ4n) is 0.543. The first-order chi connectivity index (χ1) is 4.93. The van der Waals surface area contributed by atoms with Crippen molar-refractivity contribution in [1.29, 1.82) is 0 Å². The number of allylic oxidation sites excluding steroid dienone is 2. The minimum absolute atomic E-state index is 0.0643. The Bertz CT molecular complexity index is 179. The van der Waals surface area contributed by atoms with Gasteiger partial charge in [-0.25, -0.2) is 0 Å². The molecule has 0 N–H and O–H groups in total. The van der Waals surface area contributed by atoms with Crippen molar-refractivity contribution in [1.82, 2.24) is 0 Å². The first-order valence-electron chi connectivity index (χ1n) is 2.96. The largest absolute Gasteiger partial charge is 0.416 e. The highest BCUT2D eigenvalue weighted by atomic mass is 32.1. The monoisotopic (exact) mass is 182 g/mol. The molecule has 0 rings (SSSR count). The summed E-state index contributed by atoms with van der Waals surface area (Å²) in [4.78, 5) is 0. The Morgan fingerprint density at radius 2 is 2.00 bits per heavy atom. The number of hydrogen-bond acceptors (Lipinski definition) is 1. The Balaban J connectivity index is 4.49. The molecule has 0 atom stereocenters. The van der Waals surface area contributed by atoms with E-state index in [4.69, 9.17) is 0 Å². The summed E-state index contributed by atoms with van der Waals surface area (Å²) < 4.78 is 35.7. The zero-order valence-corrected chi connectivity index (χ0v) is 6.97. The quantitative estimate of drug-likeness (QED) is 0.492. The molecular formula is C7H9F3S. The zero-order chi connectivity index (χ0) is 9.07. The van der Waals surface area contributed by atoms with E-state index in [1.54, 1.807) is 0 Å².